The highest BCUT2D eigenvalue weighted by Crippen LogP contribution is 2.32. The third kappa shape index (κ3) is 5.50. The second kappa shape index (κ2) is 9.45. The van der Waals surface area contributed by atoms with E-state index < -0.39 is 42.5 Å². The lowest BCUT2D eigenvalue weighted by atomic mass is 10.0. The van der Waals surface area contributed by atoms with Gasteiger partial charge in [-0.3, -0.25) is 9.59 Å². The molecule has 0 radical (unpaired) electrons. The standard InChI is InChI=1S/C21H23N3O7/c22-14-7-12-3-6-17(26)18(9-12)31-13-4-1-11(2-5-13)8-15(21(29)30)23-20(28)16(10-25)24-19(14)27/h1-6,9,14-16,25-26H,7-8,10,22H2,(H,23,28)(H,24,27)(H,29,30). The van der Waals surface area contributed by atoms with Crippen LogP contribution in [0.5, 0.6) is 17.2 Å². The minimum atomic E-state index is -1.36. The molecule has 164 valence electrons. The number of amides is 2. The van der Waals surface area contributed by atoms with Gasteiger partial charge in [0.25, 0.3) is 0 Å². The van der Waals surface area contributed by atoms with Gasteiger partial charge in [-0.25, -0.2) is 4.79 Å². The lowest BCUT2D eigenvalue weighted by Gasteiger charge is -2.21. The highest BCUT2D eigenvalue weighted by Gasteiger charge is 2.28. The maximum absolute atomic E-state index is 12.5. The molecule has 3 unspecified atom stereocenters. The van der Waals surface area contributed by atoms with Gasteiger partial charge in [0, 0.05) is 6.42 Å². The molecule has 0 spiro atoms. The van der Waals surface area contributed by atoms with Crippen molar-refractivity contribution in [2.24, 2.45) is 5.73 Å². The molecule has 7 N–H and O–H groups in total. The number of carboxylic acid groups (broad SMARTS) is 1. The van der Waals surface area contributed by atoms with Crippen LogP contribution >= 0.6 is 0 Å². The molecule has 2 aliphatic rings. The molecule has 4 bridgehead atoms. The zero-order valence-corrected chi connectivity index (χ0v) is 16.4. The molecule has 10 heteroatoms. The number of carboxylic acids is 1. The van der Waals surface area contributed by atoms with Crippen LogP contribution in [0.2, 0.25) is 0 Å². The molecule has 0 saturated carbocycles. The third-order valence-electron chi connectivity index (χ3n) is 4.84. The predicted octanol–water partition coefficient (Wildman–Crippen LogP) is -0.343. The summed E-state index contributed by atoms with van der Waals surface area (Å²) in [5, 5.41) is 33.7. The molecule has 10 nitrogen and oxygen atoms in total. The number of hydrogen-bond acceptors (Lipinski definition) is 7. The lowest BCUT2D eigenvalue weighted by Crippen LogP contribution is -2.56. The quantitative estimate of drug-likeness (QED) is 0.376. The van der Waals surface area contributed by atoms with Gasteiger partial charge in [-0.1, -0.05) is 18.2 Å². The zero-order chi connectivity index (χ0) is 22.5. The summed E-state index contributed by atoms with van der Waals surface area (Å²) in [5.41, 5.74) is 7.14. The van der Waals surface area contributed by atoms with Crippen molar-refractivity contribution in [3.8, 4) is 17.2 Å². The number of phenolic OH excluding ortho intramolecular Hbond substituents is 1. The molecule has 0 fully saturated rings. The van der Waals surface area contributed by atoms with E-state index >= 15 is 0 Å². The predicted molar refractivity (Wildman–Crippen MR) is 109 cm³/mol. The summed E-state index contributed by atoms with van der Waals surface area (Å²) < 4.78 is 5.71. The van der Waals surface area contributed by atoms with Crippen molar-refractivity contribution in [1.29, 1.82) is 0 Å². The largest absolute Gasteiger partial charge is 0.504 e. The number of carbonyl (C=O) groups excluding carboxylic acids is 2. The number of aliphatic hydroxyl groups is 1. The molecule has 2 aromatic rings. The minimum Gasteiger partial charge on any atom is -0.504 e. The number of ether oxygens (including phenoxy) is 1. The van der Waals surface area contributed by atoms with Crippen LogP contribution in [-0.4, -0.2) is 57.8 Å². The van der Waals surface area contributed by atoms with Crippen LogP contribution in [0.15, 0.2) is 42.5 Å². The van der Waals surface area contributed by atoms with E-state index in [4.69, 9.17) is 10.5 Å². The first-order valence-electron chi connectivity index (χ1n) is 9.55. The van der Waals surface area contributed by atoms with Crippen molar-refractivity contribution in [1.82, 2.24) is 10.6 Å². The zero-order valence-electron chi connectivity index (χ0n) is 16.4. The van der Waals surface area contributed by atoms with Gasteiger partial charge in [0.15, 0.2) is 11.5 Å². The number of fused-ring (bicyclic) bond motifs is 10. The Morgan fingerprint density at radius 2 is 1.71 bits per heavy atom. The molecule has 2 aromatic carbocycles. The maximum Gasteiger partial charge on any atom is 0.326 e. The van der Waals surface area contributed by atoms with Crippen molar-refractivity contribution >= 4 is 17.8 Å². The number of aliphatic carboxylic acids is 1. The smallest absolute Gasteiger partial charge is 0.326 e. The highest BCUT2D eigenvalue weighted by atomic mass is 16.5. The first kappa shape index (κ1) is 22.1. The van der Waals surface area contributed by atoms with E-state index in [0.717, 1.165) is 0 Å². The van der Waals surface area contributed by atoms with Crippen LogP contribution < -0.4 is 21.1 Å². The topological polar surface area (TPSA) is 171 Å². The van der Waals surface area contributed by atoms with Crippen molar-refractivity contribution < 1.29 is 34.4 Å². The van der Waals surface area contributed by atoms with Crippen LogP contribution in [-0.2, 0) is 27.2 Å². The Kier molecular flexibility index (Phi) is 6.73. The number of phenols is 1. The molecule has 3 atom stereocenters. The fourth-order valence-electron chi connectivity index (χ4n) is 3.12. The molecule has 0 aliphatic carbocycles. The lowest BCUT2D eigenvalue weighted by molar-refractivity contribution is -0.142. The van der Waals surface area contributed by atoms with Gasteiger partial charge in [0.05, 0.1) is 12.6 Å². The third-order valence-corrected chi connectivity index (χ3v) is 4.84. The summed E-state index contributed by atoms with van der Waals surface area (Å²) in [6, 6.07) is 7.32. The molecule has 2 amide bonds. The van der Waals surface area contributed by atoms with Crippen LogP contribution in [0.25, 0.3) is 0 Å². The molecular weight excluding hydrogens is 406 g/mol. The average Bonchev–Trinajstić information content (AvgIpc) is 2.74. The van der Waals surface area contributed by atoms with Gasteiger partial charge in [0.2, 0.25) is 11.8 Å². The fraction of sp³-hybridized carbons (Fsp3) is 0.286. The van der Waals surface area contributed by atoms with E-state index in [2.05, 4.69) is 10.6 Å². The Bertz CT molecular complexity index is 977. The van der Waals surface area contributed by atoms with Gasteiger partial charge in [0.1, 0.15) is 17.8 Å². The summed E-state index contributed by atoms with van der Waals surface area (Å²) in [4.78, 5) is 36.5. The monoisotopic (exact) mass is 429 g/mol. The highest BCUT2D eigenvalue weighted by molar-refractivity contribution is 5.92. The molecule has 31 heavy (non-hydrogen) atoms. The molecule has 4 rings (SSSR count). The van der Waals surface area contributed by atoms with E-state index in [0.29, 0.717) is 16.9 Å². The average molecular weight is 429 g/mol. The summed E-state index contributed by atoms with van der Waals surface area (Å²) in [7, 11) is 0. The van der Waals surface area contributed by atoms with Gasteiger partial charge in [-0.2, -0.15) is 0 Å². The molecular formula is C21H23N3O7. The Hall–Kier alpha value is -3.63. The summed E-state index contributed by atoms with van der Waals surface area (Å²) in [6.07, 6.45) is 0.0344. The Morgan fingerprint density at radius 3 is 2.35 bits per heavy atom. The first-order valence-corrected chi connectivity index (χ1v) is 9.55. The Labute approximate surface area is 177 Å². The number of hydrogen-bond donors (Lipinski definition) is 6. The second-order valence-electron chi connectivity index (χ2n) is 7.21. The van der Waals surface area contributed by atoms with Gasteiger partial charge < -0.3 is 36.4 Å². The van der Waals surface area contributed by atoms with Crippen molar-refractivity contribution in [3.05, 3.63) is 53.6 Å². The number of carbonyl (C=O) groups is 3. The van der Waals surface area contributed by atoms with Crippen LogP contribution in [0.1, 0.15) is 11.1 Å². The maximum atomic E-state index is 12.5. The second-order valence-corrected chi connectivity index (χ2v) is 7.21. The minimum absolute atomic E-state index is 0.0340. The molecule has 2 aliphatic heterocycles. The summed E-state index contributed by atoms with van der Waals surface area (Å²) in [5.74, 6) is -2.36. The van der Waals surface area contributed by atoms with E-state index in [9.17, 15) is 29.7 Å². The van der Waals surface area contributed by atoms with Crippen LogP contribution in [0.4, 0.5) is 0 Å². The number of nitrogens with one attached hydrogen (secondary N) is 2. The van der Waals surface area contributed by atoms with Crippen LogP contribution in [0, 0.1) is 0 Å². The molecule has 2 heterocycles. The Balaban J connectivity index is 1.97. The number of aliphatic hydroxyl groups excluding tert-OH is 1. The number of rotatable bonds is 2. The van der Waals surface area contributed by atoms with Crippen LogP contribution in [0.3, 0.4) is 0 Å². The van der Waals surface area contributed by atoms with Gasteiger partial charge in [-0.15, -0.1) is 0 Å². The fourth-order valence-corrected chi connectivity index (χ4v) is 3.12. The number of benzene rings is 2. The summed E-state index contributed by atoms with van der Waals surface area (Å²) in [6.45, 7) is -0.734. The normalized spacial score (nSPS) is 22.1. The first-order chi connectivity index (χ1) is 14.8. The van der Waals surface area contributed by atoms with E-state index in [-0.39, 0.29) is 24.3 Å². The number of nitrogens with two attached hydrogens (primary N) is 1. The number of aromatic hydroxyl groups is 1. The van der Waals surface area contributed by atoms with Crippen molar-refractivity contribution in [3.63, 3.8) is 0 Å². The van der Waals surface area contributed by atoms with E-state index in [1.165, 1.54) is 6.07 Å². The molecule has 0 aromatic heterocycles. The van der Waals surface area contributed by atoms with Crippen molar-refractivity contribution in [2.75, 3.05) is 6.61 Å². The van der Waals surface area contributed by atoms with E-state index in [1.807, 2.05) is 0 Å². The van der Waals surface area contributed by atoms with Crippen molar-refractivity contribution in [2.45, 2.75) is 31.0 Å². The molecule has 0 saturated heterocycles. The van der Waals surface area contributed by atoms with Gasteiger partial charge in [-0.05, 0) is 41.8 Å². The SMILES string of the molecule is NC1Cc2ccc(O)c(c2)Oc2ccc(cc2)CC(C(=O)O)NC(=O)C(CO)NC1=O. The Morgan fingerprint density at radius 1 is 1.03 bits per heavy atom. The van der Waals surface area contributed by atoms with Gasteiger partial charge >= 0.3 is 5.97 Å². The summed E-state index contributed by atoms with van der Waals surface area (Å²) >= 11 is 0. The van der Waals surface area contributed by atoms with E-state index in [1.54, 1.807) is 36.4 Å².